The Bertz CT molecular complexity index is 3340. The van der Waals surface area contributed by atoms with Gasteiger partial charge in [-0.3, -0.25) is 0 Å². The molecule has 0 unspecified atom stereocenters. The Morgan fingerprint density at radius 1 is 0.207 bits per heavy atom. The van der Waals surface area contributed by atoms with E-state index >= 15 is 0 Å². The second kappa shape index (κ2) is 14.1. The molecule has 0 aliphatic carbocycles. The Morgan fingerprint density at radius 2 is 0.655 bits per heavy atom. The van der Waals surface area contributed by atoms with Crippen molar-refractivity contribution in [3.05, 3.63) is 212 Å². The van der Waals surface area contributed by atoms with E-state index in [2.05, 4.69) is 212 Å². The molecule has 3 nitrogen and oxygen atoms in total. The van der Waals surface area contributed by atoms with E-state index in [1.165, 1.54) is 49.2 Å². The van der Waals surface area contributed by atoms with E-state index in [9.17, 15) is 0 Å². The molecule has 10 aromatic carbocycles. The smallest absolute Gasteiger partial charge is 0.164 e. The lowest BCUT2D eigenvalue weighted by Crippen LogP contribution is -2.00. The summed E-state index contributed by atoms with van der Waals surface area (Å²) < 4.78 is 0. The summed E-state index contributed by atoms with van der Waals surface area (Å²) in [6.45, 7) is 0. The molecular weight excluding hydrogens is 703 g/mol. The molecule has 0 radical (unpaired) electrons. The molecule has 1 aromatic heterocycles. The second-order valence-corrected chi connectivity index (χ2v) is 14.8. The highest BCUT2D eigenvalue weighted by molar-refractivity contribution is 6.08. The summed E-state index contributed by atoms with van der Waals surface area (Å²) in [6, 6.07) is 75.4. The highest BCUT2D eigenvalue weighted by Gasteiger charge is 2.16. The molecule has 0 saturated carbocycles. The highest BCUT2D eigenvalue weighted by atomic mass is 15.0. The number of hydrogen-bond donors (Lipinski definition) is 0. The van der Waals surface area contributed by atoms with Gasteiger partial charge in [-0.25, -0.2) is 15.0 Å². The van der Waals surface area contributed by atoms with Gasteiger partial charge < -0.3 is 0 Å². The van der Waals surface area contributed by atoms with Crippen molar-refractivity contribution in [1.82, 2.24) is 15.0 Å². The topological polar surface area (TPSA) is 38.7 Å². The largest absolute Gasteiger partial charge is 0.208 e. The zero-order chi connectivity index (χ0) is 38.4. The summed E-state index contributed by atoms with van der Waals surface area (Å²) in [5, 5.41) is 9.53. The van der Waals surface area contributed by atoms with Crippen LogP contribution < -0.4 is 0 Å². The van der Waals surface area contributed by atoms with Gasteiger partial charge in [0.25, 0.3) is 0 Å². The van der Waals surface area contributed by atoms with Crippen LogP contribution in [0.4, 0.5) is 0 Å². The van der Waals surface area contributed by atoms with Gasteiger partial charge in [-0.1, -0.05) is 188 Å². The number of hydrogen-bond acceptors (Lipinski definition) is 3. The third-order valence-electron chi connectivity index (χ3n) is 11.3. The Hall–Kier alpha value is -7.75. The van der Waals surface area contributed by atoms with Crippen molar-refractivity contribution in [2.45, 2.75) is 0 Å². The monoisotopic (exact) mass is 737 g/mol. The maximum Gasteiger partial charge on any atom is 0.164 e. The van der Waals surface area contributed by atoms with Crippen LogP contribution in [0.3, 0.4) is 0 Å². The number of fused-ring (bicyclic) bond motifs is 5. The minimum atomic E-state index is 0.629. The number of aromatic nitrogens is 3. The summed E-state index contributed by atoms with van der Waals surface area (Å²) in [6.07, 6.45) is 0. The summed E-state index contributed by atoms with van der Waals surface area (Å²) in [7, 11) is 0. The van der Waals surface area contributed by atoms with E-state index in [4.69, 9.17) is 15.0 Å². The molecule has 0 atom stereocenters. The first-order chi connectivity index (χ1) is 28.7. The lowest BCUT2D eigenvalue weighted by Gasteiger charge is -2.14. The van der Waals surface area contributed by atoms with E-state index in [0.717, 1.165) is 44.0 Å². The van der Waals surface area contributed by atoms with Crippen LogP contribution in [0, 0.1) is 0 Å². The molecule has 58 heavy (non-hydrogen) atoms. The first-order valence-electron chi connectivity index (χ1n) is 19.7. The van der Waals surface area contributed by atoms with E-state index in [1.807, 2.05) is 0 Å². The quantitative estimate of drug-likeness (QED) is 0.160. The van der Waals surface area contributed by atoms with E-state index in [-0.39, 0.29) is 0 Å². The van der Waals surface area contributed by atoms with Crippen molar-refractivity contribution < 1.29 is 0 Å². The van der Waals surface area contributed by atoms with Gasteiger partial charge in [-0.15, -0.1) is 0 Å². The van der Waals surface area contributed by atoms with Crippen molar-refractivity contribution in [1.29, 1.82) is 0 Å². The molecule has 0 aliphatic rings. The Balaban J connectivity index is 1.07. The Morgan fingerprint density at radius 3 is 1.36 bits per heavy atom. The predicted octanol–water partition coefficient (Wildman–Crippen LogP) is 14.5. The summed E-state index contributed by atoms with van der Waals surface area (Å²) in [5.41, 5.74) is 9.86. The third kappa shape index (κ3) is 6.07. The lowest BCUT2D eigenvalue weighted by molar-refractivity contribution is 1.08. The molecule has 0 fully saturated rings. The van der Waals surface area contributed by atoms with E-state index < -0.39 is 0 Å². The van der Waals surface area contributed by atoms with Gasteiger partial charge in [0.15, 0.2) is 17.5 Å². The fraction of sp³-hybridized carbons (Fsp3) is 0. The molecule has 0 spiro atoms. The fourth-order valence-electron chi connectivity index (χ4n) is 8.36. The van der Waals surface area contributed by atoms with Crippen LogP contribution in [-0.2, 0) is 0 Å². The Labute approximate surface area is 336 Å². The predicted molar refractivity (Wildman–Crippen MR) is 242 cm³/mol. The summed E-state index contributed by atoms with van der Waals surface area (Å²) in [5.74, 6) is 1.90. The van der Waals surface area contributed by atoms with Crippen molar-refractivity contribution in [3.8, 4) is 67.5 Å². The van der Waals surface area contributed by atoms with Gasteiger partial charge >= 0.3 is 0 Å². The van der Waals surface area contributed by atoms with E-state index in [1.54, 1.807) is 0 Å². The number of rotatable bonds is 6. The van der Waals surface area contributed by atoms with Crippen LogP contribution in [0.1, 0.15) is 0 Å². The zero-order valence-electron chi connectivity index (χ0n) is 31.5. The van der Waals surface area contributed by atoms with Gasteiger partial charge in [0.2, 0.25) is 0 Å². The van der Waals surface area contributed by atoms with Gasteiger partial charge in [-0.2, -0.15) is 0 Å². The van der Waals surface area contributed by atoms with Crippen LogP contribution in [-0.4, -0.2) is 15.0 Å². The Kier molecular flexibility index (Phi) is 8.15. The van der Waals surface area contributed by atoms with Crippen LogP contribution in [0.2, 0.25) is 0 Å². The van der Waals surface area contributed by atoms with Crippen molar-refractivity contribution >= 4 is 43.1 Å². The van der Waals surface area contributed by atoms with Gasteiger partial charge in [0.1, 0.15) is 0 Å². The molecule has 1 heterocycles. The van der Waals surface area contributed by atoms with E-state index in [0.29, 0.717) is 17.5 Å². The van der Waals surface area contributed by atoms with Crippen LogP contribution in [0.5, 0.6) is 0 Å². The van der Waals surface area contributed by atoms with Crippen molar-refractivity contribution in [2.24, 2.45) is 0 Å². The molecule has 11 rings (SSSR count). The molecular formula is C55H35N3. The van der Waals surface area contributed by atoms with Crippen LogP contribution in [0.15, 0.2) is 212 Å². The fourth-order valence-corrected chi connectivity index (χ4v) is 8.36. The molecule has 0 saturated heterocycles. The van der Waals surface area contributed by atoms with Crippen molar-refractivity contribution in [2.75, 3.05) is 0 Å². The van der Waals surface area contributed by atoms with Gasteiger partial charge in [-0.05, 0) is 101 Å². The van der Waals surface area contributed by atoms with Gasteiger partial charge in [0.05, 0.1) is 0 Å². The maximum atomic E-state index is 5.22. The second-order valence-electron chi connectivity index (χ2n) is 14.8. The number of benzene rings is 10. The molecule has 0 aliphatic heterocycles. The molecule has 0 bridgehead atoms. The zero-order valence-corrected chi connectivity index (χ0v) is 31.5. The SMILES string of the molecule is c1ccc(-c2ccc3ccc(-c4nc(-c5cccc(-c6ccc(-c7ccccc7)c7ccccc67)c5)nc(-c5ccc6c(ccc7ccccc76)c5)n4)cc3c2)cc1. The summed E-state index contributed by atoms with van der Waals surface area (Å²) in [4.78, 5) is 15.6. The first-order valence-corrected chi connectivity index (χ1v) is 19.7. The minimum Gasteiger partial charge on any atom is -0.208 e. The van der Waals surface area contributed by atoms with Crippen LogP contribution in [0.25, 0.3) is 111 Å². The molecule has 0 amide bonds. The molecule has 11 aromatic rings. The maximum absolute atomic E-state index is 5.22. The average Bonchev–Trinajstić information content (AvgIpc) is 3.31. The lowest BCUT2D eigenvalue weighted by atomic mass is 9.91. The van der Waals surface area contributed by atoms with Crippen molar-refractivity contribution in [3.63, 3.8) is 0 Å². The summed E-state index contributed by atoms with van der Waals surface area (Å²) >= 11 is 0. The third-order valence-corrected chi connectivity index (χ3v) is 11.3. The standard InChI is InChI=1S/C55H35N3/c1-3-12-36(13-4-1)40-25-22-37-23-27-44(35-46(37)32-40)54-56-53(57-55(58-54)45-28-29-49-42(34-45)26-24-39-16-7-8-19-47(39)49)43-18-11-17-41(33-43)50-31-30-48(38-14-5-2-6-15-38)51-20-9-10-21-52(50)51/h1-35H. The van der Waals surface area contributed by atoms with Gasteiger partial charge in [0, 0.05) is 16.7 Å². The minimum absolute atomic E-state index is 0.629. The molecule has 0 N–H and O–H groups in total. The molecule has 3 heteroatoms. The first kappa shape index (κ1) is 33.6. The van der Waals surface area contributed by atoms with Crippen LogP contribution >= 0.6 is 0 Å². The number of nitrogens with zero attached hydrogens (tertiary/aromatic N) is 3. The average molecular weight is 738 g/mol. The highest BCUT2D eigenvalue weighted by Crippen LogP contribution is 2.38. The molecule has 270 valence electrons. The normalized spacial score (nSPS) is 11.4.